The molecule has 2 nitrogen and oxygen atoms in total. The zero-order valence-electron chi connectivity index (χ0n) is 15.5. The van der Waals surface area contributed by atoms with Crippen LogP contribution in [0.2, 0.25) is 0 Å². The van der Waals surface area contributed by atoms with Crippen LogP contribution in [-0.4, -0.2) is 11.7 Å². The van der Waals surface area contributed by atoms with Crippen LogP contribution in [0.5, 0.6) is 0 Å². The lowest BCUT2D eigenvalue weighted by Crippen LogP contribution is -2.18. The number of aryl methyl sites for hydroxylation is 2. The van der Waals surface area contributed by atoms with E-state index in [-0.39, 0.29) is 10.9 Å². The molecule has 0 amide bonds. The molecule has 0 saturated carbocycles. The first-order chi connectivity index (χ1) is 11.1. The van der Waals surface area contributed by atoms with Crippen LogP contribution in [-0.2, 0) is 9.98 Å². The van der Waals surface area contributed by atoms with E-state index in [2.05, 4.69) is 32.9 Å². The molecule has 1 atom stereocenters. The van der Waals surface area contributed by atoms with Gasteiger partial charge in [-0.1, -0.05) is 70.2 Å². The molecule has 0 fully saturated rings. The van der Waals surface area contributed by atoms with Gasteiger partial charge in [0.15, 0.2) is 7.14 Å². The van der Waals surface area contributed by atoms with E-state index >= 15 is 0 Å². The van der Waals surface area contributed by atoms with E-state index in [0.717, 1.165) is 11.1 Å². The Balaban J connectivity index is 2.59. The van der Waals surface area contributed by atoms with Crippen molar-refractivity contribution in [1.82, 2.24) is 0 Å². The Morgan fingerprint density at radius 1 is 1.00 bits per heavy atom. The van der Waals surface area contributed by atoms with Crippen LogP contribution in [0.1, 0.15) is 54.7 Å². The van der Waals surface area contributed by atoms with E-state index in [1.54, 1.807) is 12.1 Å². The molecule has 24 heavy (non-hydrogen) atoms. The highest BCUT2D eigenvalue weighted by Gasteiger charge is 2.34. The van der Waals surface area contributed by atoms with Gasteiger partial charge in [-0.3, -0.25) is 4.79 Å². The van der Waals surface area contributed by atoms with Gasteiger partial charge >= 0.3 is 0 Å². The summed E-state index contributed by atoms with van der Waals surface area (Å²) >= 11 is 0. The maximum Gasteiger partial charge on any atom is 0.226 e. The number of carbonyl (C=O) groups is 1. The van der Waals surface area contributed by atoms with Gasteiger partial charge in [0.2, 0.25) is 5.52 Å². The molecule has 2 aromatic rings. The number of hydrogen-bond donors (Lipinski definition) is 0. The molecule has 2 aromatic carbocycles. The van der Waals surface area contributed by atoms with Crippen LogP contribution in [0.25, 0.3) is 0 Å². The minimum absolute atomic E-state index is 0.0188. The summed E-state index contributed by atoms with van der Waals surface area (Å²) in [4.78, 5) is 13.2. The highest BCUT2D eigenvalue weighted by molar-refractivity contribution is 7.87. The van der Waals surface area contributed by atoms with Crippen LogP contribution < -0.4 is 5.30 Å². The molecule has 0 saturated heterocycles. The summed E-state index contributed by atoms with van der Waals surface area (Å²) in [5.41, 5.74) is 3.44. The third-order valence-electron chi connectivity index (χ3n) is 4.56. The molecule has 1 unspecified atom stereocenters. The van der Waals surface area contributed by atoms with Crippen LogP contribution >= 0.6 is 7.14 Å². The zero-order valence-corrected chi connectivity index (χ0v) is 16.4. The quantitative estimate of drug-likeness (QED) is 0.692. The fraction of sp³-hybridized carbons (Fsp3) is 0.381. The molecular formula is C21H27O2P. The van der Waals surface area contributed by atoms with Gasteiger partial charge < -0.3 is 4.57 Å². The largest absolute Gasteiger partial charge is 0.310 e. The molecule has 0 aliphatic heterocycles. The van der Waals surface area contributed by atoms with Gasteiger partial charge in [-0.2, -0.15) is 0 Å². The molecular weight excluding hydrogens is 315 g/mol. The summed E-state index contributed by atoms with van der Waals surface area (Å²) < 4.78 is 13.5. The van der Waals surface area contributed by atoms with Crippen LogP contribution in [0, 0.1) is 13.8 Å². The van der Waals surface area contributed by atoms with Gasteiger partial charge in [-0.05, 0) is 36.0 Å². The molecule has 0 heterocycles. The molecule has 128 valence electrons. The molecule has 3 heteroatoms. The Morgan fingerprint density at radius 3 is 1.92 bits per heavy atom. The van der Waals surface area contributed by atoms with Crippen molar-refractivity contribution >= 4 is 18.0 Å². The van der Waals surface area contributed by atoms with Crippen molar-refractivity contribution in [3.8, 4) is 0 Å². The summed E-state index contributed by atoms with van der Waals surface area (Å²) in [5.74, 6) is 0. The van der Waals surface area contributed by atoms with Crippen molar-refractivity contribution < 1.29 is 9.36 Å². The Labute approximate surface area is 145 Å². The first-order valence-corrected chi connectivity index (χ1v) is 10.3. The smallest absolute Gasteiger partial charge is 0.226 e. The number of rotatable bonds is 4. The normalized spacial score (nSPS) is 14.2. The summed E-state index contributed by atoms with van der Waals surface area (Å²) in [5, 5.41) is 0.649. The molecule has 0 radical (unpaired) electrons. The van der Waals surface area contributed by atoms with Gasteiger partial charge in [0.1, 0.15) is 0 Å². The average molecular weight is 342 g/mol. The van der Waals surface area contributed by atoms with Crippen molar-refractivity contribution in [2.24, 2.45) is 0 Å². The predicted octanol–water partition coefficient (Wildman–Crippen LogP) is 5.45. The van der Waals surface area contributed by atoms with Gasteiger partial charge in [0.25, 0.3) is 0 Å². The third kappa shape index (κ3) is 3.39. The predicted molar refractivity (Wildman–Crippen MR) is 103 cm³/mol. The molecule has 0 aromatic heterocycles. The Morgan fingerprint density at radius 2 is 1.50 bits per heavy atom. The number of hydrogen-bond acceptors (Lipinski definition) is 2. The molecule has 2 rings (SSSR count). The summed E-state index contributed by atoms with van der Waals surface area (Å²) in [7, 11) is -3.11. The van der Waals surface area contributed by atoms with Crippen molar-refractivity contribution in [2.45, 2.75) is 47.0 Å². The van der Waals surface area contributed by atoms with Gasteiger partial charge in [0, 0.05) is 17.0 Å². The molecule has 0 N–H and O–H groups in total. The van der Waals surface area contributed by atoms with E-state index in [1.807, 2.05) is 39.0 Å². The lowest BCUT2D eigenvalue weighted by Gasteiger charge is -2.23. The van der Waals surface area contributed by atoms with Crippen LogP contribution in [0.3, 0.4) is 0 Å². The van der Waals surface area contributed by atoms with Gasteiger partial charge in [-0.25, -0.2) is 0 Å². The van der Waals surface area contributed by atoms with Crippen molar-refractivity contribution in [3.63, 3.8) is 0 Å². The second-order valence-corrected chi connectivity index (χ2v) is 10.5. The third-order valence-corrected chi connectivity index (χ3v) is 7.46. The SMILES string of the molecule is CCP(=O)(C(=O)c1c(C)cc(C(C)(C)C)cc1C)c1ccccc1. The average Bonchev–Trinajstić information content (AvgIpc) is 2.53. The lowest BCUT2D eigenvalue weighted by atomic mass is 9.84. The maximum absolute atomic E-state index is 13.5. The monoisotopic (exact) mass is 342 g/mol. The first kappa shape index (κ1) is 18.7. The van der Waals surface area contributed by atoms with E-state index in [1.165, 1.54) is 5.56 Å². The zero-order chi connectivity index (χ0) is 18.1. The number of carbonyl (C=O) groups excluding carboxylic acids is 1. The van der Waals surface area contributed by atoms with Gasteiger partial charge in [-0.15, -0.1) is 0 Å². The van der Waals surface area contributed by atoms with Crippen molar-refractivity contribution in [2.75, 3.05) is 6.16 Å². The highest BCUT2D eigenvalue weighted by Crippen LogP contribution is 2.48. The van der Waals surface area contributed by atoms with E-state index in [0.29, 0.717) is 17.0 Å². The van der Waals surface area contributed by atoms with Crippen LogP contribution in [0.15, 0.2) is 42.5 Å². The summed E-state index contributed by atoms with van der Waals surface area (Å²) in [6.07, 6.45) is 0.343. The minimum Gasteiger partial charge on any atom is -0.310 e. The summed E-state index contributed by atoms with van der Waals surface area (Å²) in [6.45, 7) is 12.2. The van der Waals surface area contributed by atoms with Crippen LogP contribution in [0.4, 0.5) is 0 Å². The highest BCUT2D eigenvalue weighted by atomic mass is 31.2. The maximum atomic E-state index is 13.5. The number of benzene rings is 2. The lowest BCUT2D eigenvalue weighted by molar-refractivity contribution is 0.107. The molecule has 0 spiro atoms. The first-order valence-electron chi connectivity index (χ1n) is 8.42. The second kappa shape index (κ2) is 6.69. The standard InChI is InChI=1S/C21H27O2P/c1-7-24(23,18-11-9-8-10-12-18)20(22)19-15(2)13-17(14-16(19)3)21(4,5)6/h8-14H,7H2,1-6H3. The summed E-state index contributed by atoms with van der Waals surface area (Å²) in [6, 6.07) is 13.3. The fourth-order valence-corrected chi connectivity index (χ4v) is 5.28. The topological polar surface area (TPSA) is 34.1 Å². The Kier molecular flexibility index (Phi) is 5.20. The molecule has 0 aliphatic carbocycles. The molecule has 0 aliphatic rings. The van der Waals surface area contributed by atoms with E-state index in [9.17, 15) is 9.36 Å². The van der Waals surface area contributed by atoms with E-state index < -0.39 is 7.14 Å². The van der Waals surface area contributed by atoms with Crippen molar-refractivity contribution in [3.05, 3.63) is 64.7 Å². The Hall–Kier alpha value is -1.66. The fourth-order valence-electron chi connectivity index (χ4n) is 3.03. The van der Waals surface area contributed by atoms with E-state index in [4.69, 9.17) is 0 Å². The molecule has 0 bridgehead atoms. The van der Waals surface area contributed by atoms with Crippen molar-refractivity contribution in [1.29, 1.82) is 0 Å². The van der Waals surface area contributed by atoms with Gasteiger partial charge in [0.05, 0.1) is 0 Å². The Bertz CT molecular complexity index is 775. The second-order valence-electron chi connectivity index (χ2n) is 7.43. The minimum atomic E-state index is -3.11.